The smallest absolute Gasteiger partial charge is 0.363 e. The number of hydrogen-bond donors (Lipinski definition) is 0. The summed E-state index contributed by atoms with van der Waals surface area (Å²) < 4.78 is 7.79. The molecule has 0 radical (unpaired) electrons. The highest BCUT2D eigenvalue weighted by molar-refractivity contribution is 6.30. The summed E-state index contributed by atoms with van der Waals surface area (Å²) >= 11 is 6.06. The van der Waals surface area contributed by atoms with Crippen LogP contribution in [0.2, 0.25) is 5.02 Å². The van der Waals surface area contributed by atoms with Gasteiger partial charge in [-0.25, -0.2) is 9.59 Å². The van der Waals surface area contributed by atoms with Gasteiger partial charge < -0.3 is 4.74 Å². The second kappa shape index (κ2) is 6.77. The third-order valence-corrected chi connectivity index (χ3v) is 5.35. The molecule has 0 N–H and O–H groups in total. The lowest BCUT2D eigenvalue weighted by molar-refractivity contribution is -0.118. The number of hydrogen-bond acceptors (Lipinski definition) is 6. The monoisotopic (exact) mass is 388 g/mol. The lowest BCUT2D eigenvalue weighted by atomic mass is 9.93. The maximum atomic E-state index is 12.8. The topological polar surface area (TPSA) is 96.1 Å². The largest absolute Gasteiger partial charge is 0.427 e. The van der Waals surface area contributed by atoms with Gasteiger partial charge in [0, 0.05) is 30.0 Å². The minimum absolute atomic E-state index is 0.0222. The summed E-state index contributed by atoms with van der Waals surface area (Å²) in [7, 11) is 1.49. The van der Waals surface area contributed by atoms with E-state index in [-0.39, 0.29) is 29.7 Å². The molecular formula is C18H17ClN4O4. The molecule has 1 aromatic heterocycles. The van der Waals surface area contributed by atoms with Crippen molar-refractivity contribution >= 4 is 23.4 Å². The number of benzene rings is 1. The highest BCUT2D eigenvalue weighted by Crippen LogP contribution is 2.41. The zero-order chi connectivity index (χ0) is 19.1. The molecule has 2 aliphatic rings. The van der Waals surface area contributed by atoms with E-state index in [4.69, 9.17) is 16.3 Å². The Bertz CT molecular complexity index is 1020. The van der Waals surface area contributed by atoms with Gasteiger partial charge in [0.05, 0.1) is 12.1 Å². The Morgan fingerprint density at radius 1 is 1.26 bits per heavy atom. The van der Waals surface area contributed by atoms with Crippen molar-refractivity contribution in [3.05, 3.63) is 56.7 Å². The third-order valence-electron chi connectivity index (χ3n) is 5.12. The number of aromatic nitrogens is 4. The average Bonchev–Trinajstić information content (AvgIpc) is 3.20. The molecule has 1 heterocycles. The first-order valence-electron chi connectivity index (χ1n) is 8.65. The highest BCUT2D eigenvalue weighted by atomic mass is 35.5. The van der Waals surface area contributed by atoms with Crippen LogP contribution >= 0.6 is 11.6 Å². The number of aryl methyl sites for hydroxylation is 1. The van der Waals surface area contributed by atoms with Gasteiger partial charge in [0.15, 0.2) is 5.78 Å². The Morgan fingerprint density at radius 3 is 2.78 bits per heavy atom. The van der Waals surface area contributed by atoms with Crippen LogP contribution in [0.3, 0.4) is 0 Å². The molecule has 2 aliphatic carbocycles. The van der Waals surface area contributed by atoms with E-state index >= 15 is 0 Å². The van der Waals surface area contributed by atoms with Crippen molar-refractivity contribution in [2.45, 2.75) is 25.8 Å². The number of nitrogens with zero attached hydrogens (tertiary/aromatic N) is 4. The first-order valence-corrected chi connectivity index (χ1v) is 9.03. The molecule has 1 aromatic carbocycles. The van der Waals surface area contributed by atoms with Gasteiger partial charge in [0.25, 0.3) is 0 Å². The van der Waals surface area contributed by atoms with Crippen LogP contribution in [0.5, 0.6) is 0 Å². The van der Waals surface area contributed by atoms with Gasteiger partial charge in [0.2, 0.25) is 0 Å². The summed E-state index contributed by atoms with van der Waals surface area (Å²) in [5.74, 6) is 0.0374. The van der Waals surface area contributed by atoms with Gasteiger partial charge in [-0.1, -0.05) is 11.6 Å². The number of ketones is 1. The van der Waals surface area contributed by atoms with Crippen molar-refractivity contribution < 1.29 is 14.3 Å². The van der Waals surface area contributed by atoms with Crippen molar-refractivity contribution in [1.82, 2.24) is 19.8 Å². The summed E-state index contributed by atoms with van der Waals surface area (Å²) in [6.07, 6.45) is 3.87. The molecular weight excluding hydrogens is 372 g/mol. The van der Waals surface area contributed by atoms with Gasteiger partial charge in [-0.15, -0.1) is 0 Å². The van der Waals surface area contributed by atoms with Crippen LogP contribution in [0.15, 0.2) is 34.8 Å². The first-order chi connectivity index (χ1) is 12.9. The molecule has 2 bridgehead atoms. The number of esters is 1. The minimum Gasteiger partial charge on any atom is -0.427 e. The van der Waals surface area contributed by atoms with Crippen LogP contribution in [0.25, 0.3) is 0 Å². The Balaban J connectivity index is 1.61. The molecule has 0 saturated heterocycles. The van der Waals surface area contributed by atoms with Gasteiger partial charge in [-0.2, -0.15) is 9.36 Å². The molecule has 0 aliphatic heterocycles. The molecule has 9 heteroatoms. The van der Waals surface area contributed by atoms with E-state index in [0.717, 1.165) is 28.6 Å². The Labute approximate surface area is 159 Å². The molecule has 0 amide bonds. The van der Waals surface area contributed by atoms with E-state index in [2.05, 4.69) is 10.4 Å². The number of halogens is 1. The maximum absolute atomic E-state index is 12.8. The van der Waals surface area contributed by atoms with Crippen LogP contribution in [-0.4, -0.2) is 31.5 Å². The van der Waals surface area contributed by atoms with Crippen LogP contribution in [-0.2, 0) is 23.1 Å². The van der Waals surface area contributed by atoms with E-state index in [1.165, 1.54) is 13.1 Å². The van der Waals surface area contributed by atoms with Crippen molar-refractivity contribution in [2.75, 3.05) is 0 Å². The minimum atomic E-state index is -0.581. The van der Waals surface area contributed by atoms with E-state index < -0.39 is 11.7 Å². The van der Waals surface area contributed by atoms with Crippen molar-refractivity contribution in [3.8, 4) is 0 Å². The zero-order valence-electron chi connectivity index (χ0n) is 14.6. The number of tetrazole rings is 1. The normalized spacial score (nSPS) is 21.3. The molecule has 0 spiro atoms. The van der Waals surface area contributed by atoms with Crippen molar-refractivity contribution in [1.29, 1.82) is 0 Å². The van der Waals surface area contributed by atoms with E-state index in [0.29, 0.717) is 16.3 Å². The molecule has 1 fully saturated rings. The predicted molar refractivity (Wildman–Crippen MR) is 95.2 cm³/mol. The van der Waals surface area contributed by atoms with Crippen LogP contribution < -0.4 is 5.69 Å². The summed E-state index contributed by atoms with van der Waals surface area (Å²) in [5, 5.41) is 7.84. The predicted octanol–water partition coefficient (Wildman–Crippen LogP) is 1.72. The lowest BCUT2D eigenvalue weighted by Gasteiger charge is -2.19. The molecule has 2 unspecified atom stereocenters. The first kappa shape index (κ1) is 17.7. The van der Waals surface area contributed by atoms with Crippen LogP contribution in [0.4, 0.5) is 0 Å². The number of ether oxygens (including phenoxy) is 1. The zero-order valence-corrected chi connectivity index (χ0v) is 15.3. The number of carbonyl (C=O) groups excluding carboxylic acids is 2. The molecule has 27 heavy (non-hydrogen) atoms. The molecule has 8 nitrogen and oxygen atoms in total. The highest BCUT2D eigenvalue weighted by Gasteiger charge is 2.37. The van der Waals surface area contributed by atoms with E-state index in [1.807, 2.05) is 0 Å². The standard InChI is InChI=1S/C18H17ClN4O4/c1-22-18(26)23(21-20-22)9-12-7-13(19)4-5-14(12)17(25)27-16-8-15(24)10-2-3-11(16)6-10/h4-5,7-8,10-11H,2-3,6,9H2,1H3. The van der Waals surface area contributed by atoms with Crippen molar-refractivity contribution in [3.63, 3.8) is 0 Å². The number of allylic oxidation sites excluding steroid dienone is 2. The molecule has 2 aromatic rings. The van der Waals surface area contributed by atoms with Crippen LogP contribution in [0, 0.1) is 11.8 Å². The quantitative estimate of drug-likeness (QED) is 0.740. The Kier molecular flexibility index (Phi) is 4.43. The number of carbonyl (C=O) groups is 2. The molecule has 4 rings (SSSR count). The number of fused-ring (bicyclic) bond motifs is 2. The second-order valence-electron chi connectivity index (χ2n) is 6.89. The second-order valence-corrected chi connectivity index (χ2v) is 7.33. The van der Waals surface area contributed by atoms with Gasteiger partial charge in [-0.3, -0.25) is 4.79 Å². The van der Waals surface area contributed by atoms with E-state index in [1.54, 1.807) is 18.2 Å². The summed E-state index contributed by atoms with van der Waals surface area (Å²) in [6.45, 7) is 0.0289. The number of rotatable bonds is 4. The summed E-state index contributed by atoms with van der Waals surface area (Å²) in [5.41, 5.74) is 0.347. The lowest BCUT2D eigenvalue weighted by Crippen LogP contribution is -2.25. The molecule has 140 valence electrons. The van der Waals surface area contributed by atoms with Crippen molar-refractivity contribution in [2.24, 2.45) is 18.9 Å². The molecule has 1 saturated carbocycles. The SMILES string of the molecule is Cn1nnn(Cc2cc(Cl)ccc2C(=O)OC2=CC(=O)C3CCC2C3)c1=O. The van der Waals surface area contributed by atoms with Gasteiger partial charge in [0.1, 0.15) is 5.76 Å². The fraction of sp³-hybridized carbons (Fsp3) is 0.389. The van der Waals surface area contributed by atoms with E-state index in [9.17, 15) is 14.4 Å². The summed E-state index contributed by atoms with van der Waals surface area (Å²) in [4.78, 5) is 36.8. The third kappa shape index (κ3) is 3.32. The Morgan fingerprint density at radius 2 is 2.04 bits per heavy atom. The fourth-order valence-electron chi connectivity index (χ4n) is 3.65. The molecule has 2 atom stereocenters. The maximum Gasteiger partial charge on any atom is 0.363 e. The van der Waals surface area contributed by atoms with Gasteiger partial charge in [-0.05, 0) is 53.5 Å². The van der Waals surface area contributed by atoms with Crippen LogP contribution in [0.1, 0.15) is 35.2 Å². The van der Waals surface area contributed by atoms with Gasteiger partial charge >= 0.3 is 11.7 Å². The Hall–Kier alpha value is -2.74. The average molecular weight is 389 g/mol. The fourth-order valence-corrected chi connectivity index (χ4v) is 3.85. The summed E-state index contributed by atoms with van der Waals surface area (Å²) in [6, 6.07) is 4.71.